The van der Waals surface area contributed by atoms with E-state index in [9.17, 15) is 0 Å². The van der Waals surface area contributed by atoms with Crippen molar-refractivity contribution >= 4 is 10.9 Å². The Morgan fingerprint density at radius 1 is 1.21 bits per heavy atom. The van der Waals surface area contributed by atoms with Gasteiger partial charge in [0.05, 0.1) is 5.52 Å². The lowest BCUT2D eigenvalue weighted by atomic mass is 9.90. The lowest BCUT2D eigenvalue weighted by Crippen LogP contribution is -2.24. The number of pyridine rings is 1. The summed E-state index contributed by atoms with van der Waals surface area (Å²) >= 11 is 0. The molecule has 2 unspecified atom stereocenters. The zero-order valence-electron chi connectivity index (χ0n) is 12.0. The second-order valence-electron chi connectivity index (χ2n) is 5.87. The van der Waals surface area contributed by atoms with E-state index in [4.69, 9.17) is 0 Å². The van der Waals surface area contributed by atoms with Crippen LogP contribution in [0.3, 0.4) is 0 Å². The number of rotatable bonds is 4. The number of hydrogen-bond acceptors (Lipinski definition) is 2. The average Bonchev–Trinajstić information content (AvgIpc) is 3.24. The summed E-state index contributed by atoms with van der Waals surface area (Å²) < 4.78 is 0. The van der Waals surface area contributed by atoms with Crippen LogP contribution in [0.2, 0.25) is 0 Å². The monoisotopic (exact) mass is 254 g/mol. The number of aromatic nitrogens is 1. The second-order valence-corrected chi connectivity index (χ2v) is 5.87. The summed E-state index contributed by atoms with van der Waals surface area (Å²) in [6.07, 6.45) is 2.79. The topological polar surface area (TPSA) is 24.9 Å². The van der Waals surface area contributed by atoms with Gasteiger partial charge in [0.25, 0.3) is 0 Å². The summed E-state index contributed by atoms with van der Waals surface area (Å²) in [4.78, 5) is 4.57. The summed E-state index contributed by atoms with van der Waals surface area (Å²) in [5.74, 6) is 1.62. The normalized spacial score (nSPS) is 18.5. The van der Waals surface area contributed by atoms with Gasteiger partial charge < -0.3 is 5.32 Å². The third-order valence-corrected chi connectivity index (χ3v) is 4.41. The summed E-state index contributed by atoms with van der Waals surface area (Å²) in [6, 6.07) is 11.4. The van der Waals surface area contributed by atoms with Crippen molar-refractivity contribution in [1.82, 2.24) is 10.3 Å². The standard InChI is InChI=1S/C17H22N2/c1-11-4-5-14-10-15(8-9-16(14)19-11)17(18-3)12(2)13-6-7-13/h4-5,8-10,12-13,17-18H,6-7H2,1-3H3. The zero-order valence-corrected chi connectivity index (χ0v) is 12.0. The van der Waals surface area contributed by atoms with Gasteiger partial charge in [-0.3, -0.25) is 4.98 Å². The highest BCUT2D eigenvalue weighted by molar-refractivity contribution is 5.79. The Bertz CT molecular complexity index is 587. The fourth-order valence-corrected chi connectivity index (χ4v) is 3.07. The van der Waals surface area contributed by atoms with Crippen LogP contribution in [-0.4, -0.2) is 12.0 Å². The van der Waals surface area contributed by atoms with Crippen molar-refractivity contribution < 1.29 is 0 Å². The van der Waals surface area contributed by atoms with Crippen molar-refractivity contribution in [2.45, 2.75) is 32.7 Å². The predicted molar refractivity (Wildman–Crippen MR) is 80.2 cm³/mol. The van der Waals surface area contributed by atoms with Crippen molar-refractivity contribution in [3.8, 4) is 0 Å². The van der Waals surface area contributed by atoms with E-state index in [2.05, 4.69) is 54.6 Å². The molecular weight excluding hydrogens is 232 g/mol. The maximum Gasteiger partial charge on any atom is 0.0705 e. The summed E-state index contributed by atoms with van der Waals surface area (Å²) in [5.41, 5.74) is 3.56. The number of nitrogens with one attached hydrogen (secondary N) is 1. The van der Waals surface area contributed by atoms with Crippen LogP contribution in [0.5, 0.6) is 0 Å². The molecule has 1 fully saturated rings. The van der Waals surface area contributed by atoms with Gasteiger partial charge in [0.15, 0.2) is 0 Å². The van der Waals surface area contributed by atoms with Gasteiger partial charge in [0.1, 0.15) is 0 Å². The molecule has 100 valence electrons. The smallest absolute Gasteiger partial charge is 0.0705 e. The molecule has 1 aromatic carbocycles. The Morgan fingerprint density at radius 3 is 2.68 bits per heavy atom. The Morgan fingerprint density at radius 2 is 2.00 bits per heavy atom. The molecule has 0 radical (unpaired) electrons. The fourth-order valence-electron chi connectivity index (χ4n) is 3.07. The van der Waals surface area contributed by atoms with Crippen molar-refractivity contribution in [3.05, 3.63) is 41.6 Å². The Kier molecular flexibility index (Phi) is 3.28. The number of benzene rings is 1. The van der Waals surface area contributed by atoms with E-state index in [1.54, 1.807) is 0 Å². The SMILES string of the molecule is CNC(c1ccc2nc(C)ccc2c1)C(C)C1CC1. The quantitative estimate of drug-likeness (QED) is 0.896. The van der Waals surface area contributed by atoms with Gasteiger partial charge in [0.2, 0.25) is 0 Å². The first-order chi connectivity index (χ1) is 9.19. The van der Waals surface area contributed by atoms with E-state index in [1.165, 1.54) is 23.8 Å². The van der Waals surface area contributed by atoms with Crippen molar-refractivity contribution in [3.63, 3.8) is 0 Å². The van der Waals surface area contributed by atoms with Crippen LogP contribution >= 0.6 is 0 Å². The van der Waals surface area contributed by atoms with Crippen molar-refractivity contribution in [1.29, 1.82) is 0 Å². The molecule has 19 heavy (non-hydrogen) atoms. The first-order valence-corrected chi connectivity index (χ1v) is 7.23. The second kappa shape index (κ2) is 4.93. The number of fused-ring (bicyclic) bond motifs is 1. The van der Waals surface area contributed by atoms with E-state index < -0.39 is 0 Å². The molecule has 0 bridgehead atoms. The van der Waals surface area contributed by atoms with Crippen LogP contribution in [0, 0.1) is 18.8 Å². The molecule has 0 aliphatic heterocycles. The Balaban J connectivity index is 1.96. The van der Waals surface area contributed by atoms with Crippen molar-refractivity contribution in [2.75, 3.05) is 7.05 Å². The van der Waals surface area contributed by atoms with Crippen LogP contribution in [0.15, 0.2) is 30.3 Å². The van der Waals surface area contributed by atoms with E-state index >= 15 is 0 Å². The van der Waals surface area contributed by atoms with E-state index in [1.807, 2.05) is 6.92 Å². The molecule has 1 aromatic heterocycles. The molecule has 0 spiro atoms. The molecule has 1 N–H and O–H groups in total. The number of aryl methyl sites for hydroxylation is 1. The summed E-state index contributed by atoms with van der Waals surface area (Å²) in [7, 11) is 2.07. The molecule has 2 atom stereocenters. The van der Waals surface area contributed by atoms with Gasteiger partial charge in [-0.1, -0.05) is 19.1 Å². The zero-order chi connectivity index (χ0) is 13.4. The molecule has 2 aromatic rings. The highest BCUT2D eigenvalue weighted by Gasteiger charge is 2.33. The van der Waals surface area contributed by atoms with E-state index in [-0.39, 0.29) is 0 Å². The van der Waals surface area contributed by atoms with Crippen molar-refractivity contribution in [2.24, 2.45) is 11.8 Å². The molecule has 1 saturated carbocycles. The van der Waals surface area contributed by atoms with Gasteiger partial charge in [-0.15, -0.1) is 0 Å². The fraction of sp³-hybridized carbons (Fsp3) is 0.471. The van der Waals surface area contributed by atoms with Crippen LogP contribution in [0.1, 0.15) is 37.1 Å². The van der Waals surface area contributed by atoms with Gasteiger partial charge in [-0.05, 0) is 62.4 Å². The maximum absolute atomic E-state index is 4.57. The summed E-state index contributed by atoms with van der Waals surface area (Å²) in [5, 5.41) is 4.74. The minimum Gasteiger partial charge on any atom is -0.313 e. The molecule has 0 saturated heterocycles. The minimum absolute atomic E-state index is 0.457. The van der Waals surface area contributed by atoms with Crippen LogP contribution in [0.25, 0.3) is 10.9 Å². The first-order valence-electron chi connectivity index (χ1n) is 7.23. The maximum atomic E-state index is 4.57. The molecule has 3 rings (SSSR count). The molecule has 0 amide bonds. The molecule has 2 nitrogen and oxygen atoms in total. The third kappa shape index (κ3) is 2.50. The number of nitrogens with zero attached hydrogens (tertiary/aromatic N) is 1. The summed E-state index contributed by atoms with van der Waals surface area (Å²) in [6.45, 7) is 4.41. The largest absolute Gasteiger partial charge is 0.313 e. The average molecular weight is 254 g/mol. The highest BCUT2D eigenvalue weighted by Crippen LogP contribution is 2.42. The highest BCUT2D eigenvalue weighted by atomic mass is 14.9. The van der Waals surface area contributed by atoms with Gasteiger partial charge >= 0.3 is 0 Å². The first kappa shape index (κ1) is 12.6. The van der Waals surface area contributed by atoms with E-state index in [0.29, 0.717) is 12.0 Å². The Labute approximate surface area is 115 Å². The molecule has 2 heteroatoms. The molecule has 1 aliphatic carbocycles. The Hall–Kier alpha value is -1.41. The van der Waals surface area contributed by atoms with Gasteiger partial charge in [-0.25, -0.2) is 0 Å². The van der Waals surface area contributed by atoms with Crippen LogP contribution in [0.4, 0.5) is 0 Å². The third-order valence-electron chi connectivity index (χ3n) is 4.41. The molecule has 1 aliphatic rings. The minimum atomic E-state index is 0.457. The van der Waals surface area contributed by atoms with Gasteiger partial charge in [-0.2, -0.15) is 0 Å². The predicted octanol–water partition coefficient (Wildman–Crippen LogP) is 3.85. The van der Waals surface area contributed by atoms with Crippen LogP contribution < -0.4 is 5.32 Å². The molecular formula is C17H22N2. The lowest BCUT2D eigenvalue weighted by Gasteiger charge is -2.24. The molecule has 1 heterocycles. The lowest BCUT2D eigenvalue weighted by molar-refractivity contribution is 0.369. The van der Waals surface area contributed by atoms with Crippen LogP contribution in [-0.2, 0) is 0 Å². The number of hydrogen-bond donors (Lipinski definition) is 1. The van der Waals surface area contributed by atoms with Gasteiger partial charge in [0, 0.05) is 17.1 Å². The van der Waals surface area contributed by atoms with E-state index in [0.717, 1.165) is 17.1 Å².